The van der Waals surface area contributed by atoms with Crippen LogP contribution in [0.1, 0.15) is 56.1 Å². The minimum absolute atomic E-state index is 0.851. The summed E-state index contributed by atoms with van der Waals surface area (Å²) in [4.78, 5) is 5.39. The van der Waals surface area contributed by atoms with Crippen molar-refractivity contribution in [1.29, 1.82) is 0 Å². The molecule has 1 atom stereocenters. The minimum Gasteiger partial charge on any atom is -0.492 e. The molecule has 3 fully saturated rings. The first kappa shape index (κ1) is 17.1. The van der Waals surface area contributed by atoms with E-state index in [1.807, 2.05) is 0 Å². The van der Waals surface area contributed by atoms with E-state index in [1.165, 1.54) is 77.4 Å². The molecule has 0 spiro atoms. The average molecular weight is 355 g/mol. The molecule has 0 aromatic heterocycles. The van der Waals surface area contributed by atoms with Crippen LogP contribution in [0.25, 0.3) is 0 Å². The molecule has 1 aromatic rings. The van der Waals surface area contributed by atoms with Gasteiger partial charge in [0.2, 0.25) is 0 Å². The average Bonchev–Trinajstić information content (AvgIpc) is 3.40. The maximum Gasteiger partial charge on any atom is 0.119 e. The first-order chi connectivity index (χ1) is 12.8. The molecule has 2 bridgehead atoms. The zero-order chi connectivity index (χ0) is 17.3. The number of benzene rings is 1. The summed E-state index contributed by atoms with van der Waals surface area (Å²) in [5, 5.41) is 0. The van der Waals surface area contributed by atoms with Crippen molar-refractivity contribution in [2.75, 3.05) is 32.8 Å². The molecule has 26 heavy (non-hydrogen) atoms. The predicted molar refractivity (Wildman–Crippen MR) is 106 cm³/mol. The molecular weight excluding hydrogens is 320 g/mol. The van der Waals surface area contributed by atoms with Gasteiger partial charge in [0.25, 0.3) is 0 Å². The highest BCUT2D eigenvalue weighted by atomic mass is 16.5. The van der Waals surface area contributed by atoms with E-state index in [2.05, 4.69) is 28.0 Å². The molecular formula is C23H34N2O. The molecule has 0 saturated carbocycles. The summed E-state index contributed by atoms with van der Waals surface area (Å²) in [6.07, 6.45) is 12.3. The van der Waals surface area contributed by atoms with E-state index in [-0.39, 0.29) is 0 Å². The van der Waals surface area contributed by atoms with E-state index < -0.39 is 0 Å². The summed E-state index contributed by atoms with van der Waals surface area (Å²) >= 11 is 0. The van der Waals surface area contributed by atoms with E-state index in [4.69, 9.17) is 4.74 Å². The van der Waals surface area contributed by atoms with Crippen LogP contribution in [0.4, 0.5) is 0 Å². The Kier molecular flexibility index (Phi) is 4.93. The van der Waals surface area contributed by atoms with Crippen molar-refractivity contribution in [3.8, 4) is 5.75 Å². The van der Waals surface area contributed by atoms with Gasteiger partial charge in [-0.15, -0.1) is 0 Å². The molecule has 0 radical (unpaired) electrons. The molecule has 3 saturated heterocycles. The number of fused-ring (bicyclic) bond motifs is 3. The van der Waals surface area contributed by atoms with Gasteiger partial charge in [0, 0.05) is 25.2 Å². The van der Waals surface area contributed by atoms with Crippen LogP contribution in [-0.4, -0.2) is 54.7 Å². The highest BCUT2D eigenvalue weighted by molar-refractivity contribution is 5.37. The Morgan fingerprint density at radius 1 is 0.923 bits per heavy atom. The second-order valence-corrected chi connectivity index (χ2v) is 9.10. The number of nitrogens with zero attached hydrogens (tertiary/aromatic N) is 2. The predicted octanol–water partition coefficient (Wildman–Crippen LogP) is 3.89. The summed E-state index contributed by atoms with van der Waals surface area (Å²) < 4.78 is 6.14. The summed E-state index contributed by atoms with van der Waals surface area (Å²) in [6.45, 7) is 5.94. The lowest BCUT2D eigenvalue weighted by Crippen LogP contribution is -2.32. The molecule has 3 nitrogen and oxygen atoms in total. The van der Waals surface area contributed by atoms with Crippen LogP contribution in [0.2, 0.25) is 0 Å². The minimum atomic E-state index is 0.851. The monoisotopic (exact) mass is 354 g/mol. The van der Waals surface area contributed by atoms with Crippen LogP contribution in [-0.2, 0) is 12.8 Å². The Hall–Kier alpha value is -1.06. The number of rotatable bonds is 6. The highest BCUT2D eigenvalue weighted by Crippen LogP contribution is 2.37. The molecule has 3 heteroatoms. The Bertz CT molecular complexity index is 605. The molecule has 0 amide bonds. The van der Waals surface area contributed by atoms with Crippen molar-refractivity contribution < 1.29 is 4.74 Å². The molecule has 4 aliphatic rings. The van der Waals surface area contributed by atoms with Crippen molar-refractivity contribution >= 4 is 0 Å². The van der Waals surface area contributed by atoms with Gasteiger partial charge >= 0.3 is 0 Å². The van der Waals surface area contributed by atoms with Crippen molar-refractivity contribution in [2.45, 2.75) is 69.9 Å². The first-order valence-electron chi connectivity index (χ1n) is 11.1. The largest absolute Gasteiger partial charge is 0.492 e. The third kappa shape index (κ3) is 3.53. The molecule has 3 aliphatic heterocycles. The molecule has 1 aliphatic carbocycles. The Morgan fingerprint density at radius 3 is 2.46 bits per heavy atom. The van der Waals surface area contributed by atoms with Crippen LogP contribution < -0.4 is 4.74 Å². The number of hydrogen-bond acceptors (Lipinski definition) is 3. The third-order valence-electron chi connectivity index (χ3n) is 7.45. The van der Waals surface area contributed by atoms with Crippen LogP contribution >= 0.6 is 0 Å². The van der Waals surface area contributed by atoms with Crippen molar-refractivity contribution in [1.82, 2.24) is 9.80 Å². The first-order valence-corrected chi connectivity index (χ1v) is 11.1. The lowest BCUT2D eigenvalue weighted by atomic mass is 9.83. The van der Waals surface area contributed by atoms with Gasteiger partial charge in [0.15, 0.2) is 0 Å². The van der Waals surface area contributed by atoms with Gasteiger partial charge in [0.1, 0.15) is 12.4 Å². The maximum absolute atomic E-state index is 6.14. The van der Waals surface area contributed by atoms with Crippen molar-refractivity contribution in [3.63, 3.8) is 0 Å². The third-order valence-corrected chi connectivity index (χ3v) is 7.45. The van der Waals surface area contributed by atoms with E-state index in [0.29, 0.717) is 0 Å². The molecule has 0 N–H and O–H groups in total. The summed E-state index contributed by atoms with van der Waals surface area (Å²) in [7, 11) is 0. The fraction of sp³-hybridized carbons (Fsp3) is 0.739. The van der Waals surface area contributed by atoms with Gasteiger partial charge in [-0.1, -0.05) is 6.07 Å². The SMILES string of the molecule is c1cc2c(cc1OCCN1C3CCC1CC3)CCC(CN1CCCC1)C2. The standard InChI is InChI=1S/C23H34N2O/c1-2-12-24(11-1)17-18-3-4-20-16-23(10-5-19(20)15-18)26-14-13-25-21-6-7-22(25)9-8-21/h5,10,16,18,21-22H,1-4,6-9,11-15,17H2. The van der Waals surface area contributed by atoms with Gasteiger partial charge in [-0.05, 0) is 100 Å². The molecule has 5 rings (SSSR count). The quantitative estimate of drug-likeness (QED) is 0.771. The van der Waals surface area contributed by atoms with Gasteiger partial charge < -0.3 is 9.64 Å². The van der Waals surface area contributed by atoms with Gasteiger partial charge in [-0.3, -0.25) is 4.90 Å². The maximum atomic E-state index is 6.14. The van der Waals surface area contributed by atoms with Gasteiger partial charge in [-0.25, -0.2) is 0 Å². The fourth-order valence-corrected chi connectivity index (χ4v) is 6.04. The second kappa shape index (κ2) is 7.52. The number of hydrogen-bond donors (Lipinski definition) is 0. The van der Waals surface area contributed by atoms with Crippen molar-refractivity contribution in [2.24, 2.45) is 5.92 Å². The molecule has 1 unspecified atom stereocenters. The molecule has 1 aromatic carbocycles. The van der Waals surface area contributed by atoms with Crippen LogP contribution in [0.5, 0.6) is 5.75 Å². The van der Waals surface area contributed by atoms with Crippen LogP contribution in [0, 0.1) is 5.92 Å². The van der Waals surface area contributed by atoms with Crippen molar-refractivity contribution in [3.05, 3.63) is 29.3 Å². The van der Waals surface area contributed by atoms with E-state index in [9.17, 15) is 0 Å². The fourth-order valence-electron chi connectivity index (χ4n) is 6.04. The Labute approximate surface area is 158 Å². The summed E-state index contributed by atoms with van der Waals surface area (Å²) in [5.74, 6) is 1.95. The van der Waals surface area contributed by atoms with E-state index >= 15 is 0 Å². The zero-order valence-electron chi connectivity index (χ0n) is 16.2. The summed E-state index contributed by atoms with van der Waals surface area (Å²) in [6, 6.07) is 8.62. The number of likely N-dealkylation sites (tertiary alicyclic amines) is 1. The zero-order valence-corrected chi connectivity index (χ0v) is 16.2. The summed E-state index contributed by atoms with van der Waals surface area (Å²) in [5.41, 5.74) is 3.12. The van der Waals surface area contributed by atoms with Crippen LogP contribution in [0.15, 0.2) is 18.2 Å². The van der Waals surface area contributed by atoms with E-state index in [1.54, 1.807) is 11.1 Å². The van der Waals surface area contributed by atoms with E-state index in [0.717, 1.165) is 36.9 Å². The number of aryl methyl sites for hydroxylation is 1. The topological polar surface area (TPSA) is 15.7 Å². The molecule has 3 heterocycles. The highest BCUT2D eigenvalue weighted by Gasteiger charge is 2.38. The lowest BCUT2D eigenvalue weighted by Gasteiger charge is -2.28. The Balaban J connectivity index is 1.13. The smallest absolute Gasteiger partial charge is 0.119 e. The lowest BCUT2D eigenvalue weighted by molar-refractivity contribution is 0.194. The Morgan fingerprint density at radius 2 is 1.69 bits per heavy atom. The van der Waals surface area contributed by atoms with Gasteiger partial charge in [-0.2, -0.15) is 0 Å². The van der Waals surface area contributed by atoms with Gasteiger partial charge in [0.05, 0.1) is 0 Å². The normalized spacial score (nSPS) is 31.5. The second-order valence-electron chi connectivity index (χ2n) is 9.10. The molecule has 142 valence electrons. The number of ether oxygens (including phenoxy) is 1. The van der Waals surface area contributed by atoms with Crippen LogP contribution in [0.3, 0.4) is 0 Å².